The first-order valence-corrected chi connectivity index (χ1v) is 5.17. The first kappa shape index (κ1) is 10.8. The zero-order valence-corrected chi connectivity index (χ0v) is 9.84. The number of nitrogens with one attached hydrogen (secondary N) is 1. The number of nitrogens with zero attached hydrogens (tertiary/aromatic N) is 2. The molecule has 0 atom stereocenters. The monoisotopic (exact) mass is 233 g/mol. The molecule has 0 bridgehead atoms. The van der Waals surface area contributed by atoms with Crippen molar-refractivity contribution in [3.63, 3.8) is 0 Å². The van der Waals surface area contributed by atoms with Crippen LogP contribution in [0.2, 0.25) is 0 Å². The molecule has 0 aromatic carbocycles. The summed E-state index contributed by atoms with van der Waals surface area (Å²) in [6.45, 7) is 1.94. The van der Waals surface area contributed by atoms with E-state index >= 15 is 0 Å². The smallest absolute Gasteiger partial charge is 0.197 e. The molecule has 0 amide bonds. The number of H-pyrrole nitrogens is 1. The fourth-order valence-corrected chi connectivity index (χ4v) is 1.66. The Bertz CT molecular complexity index is 565. The molecular formula is C11H11N3OS. The van der Waals surface area contributed by atoms with E-state index in [0.29, 0.717) is 10.5 Å². The highest BCUT2D eigenvalue weighted by atomic mass is 32.1. The maximum absolute atomic E-state index is 5.11. The lowest BCUT2D eigenvalue weighted by molar-refractivity contribution is 0.413. The average molecular weight is 233 g/mol. The van der Waals surface area contributed by atoms with Gasteiger partial charge in [0.25, 0.3) is 0 Å². The van der Waals surface area contributed by atoms with Gasteiger partial charge in [0.05, 0.1) is 19.0 Å². The number of aromatic amines is 1. The highest BCUT2D eigenvalue weighted by Crippen LogP contribution is 2.20. The molecule has 2 aromatic heterocycles. The molecule has 0 unspecified atom stereocenters. The van der Waals surface area contributed by atoms with Crippen LogP contribution in [-0.2, 0) is 0 Å². The summed E-state index contributed by atoms with van der Waals surface area (Å²) in [7, 11) is 1.61. The molecule has 0 radical (unpaired) electrons. The van der Waals surface area contributed by atoms with Crippen LogP contribution in [0.3, 0.4) is 0 Å². The highest BCUT2D eigenvalue weighted by Gasteiger charge is 2.02. The molecule has 4 nitrogen and oxygen atoms in total. The third-order valence-electron chi connectivity index (χ3n) is 2.12. The number of ether oxygens (including phenoxy) is 1. The van der Waals surface area contributed by atoms with Crippen LogP contribution in [0, 0.1) is 11.7 Å². The van der Waals surface area contributed by atoms with Crippen molar-refractivity contribution in [2.24, 2.45) is 0 Å². The summed E-state index contributed by atoms with van der Waals surface area (Å²) in [6, 6.07) is 3.80. The van der Waals surface area contributed by atoms with Gasteiger partial charge in [-0.25, -0.2) is 4.98 Å². The summed E-state index contributed by atoms with van der Waals surface area (Å²) < 4.78 is 5.58. The van der Waals surface area contributed by atoms with Gasteiger partial charge in [-0.3, -0.25) is 4.98 Å². The second kappa shape index (κ2) is 4.40. The number of hydrogen-bond donors (Lipinski definition) is 1. The predicted molar refractivity (Wildman–Crippen MR) is 63.9 cm³/mol. The van der Waals surface area contributed by atoms with Gasteiger partial charge in [-0.05, 0) is 31.3 Å². The predicted octanol–water partition coefficient (Wildman–Crippen LogP) is 2.52. The van der Waals surface area contributed by atoms with E-state index in [0.717, 1.165) is 17.0 Å². The Balaban J connectivity index is 2.53. The second-order valence-electron chi connectivity index (χ2n) is 3.37. The lowest BCUT2D eigenvalue weighted by Crippen LogP contribution is -1.92. The standard InChI is InChI=1S/C11H11N3OS/c1-7-3-10(14-11(16)13-7)8-4-9(15-2)6-12-5-8/h3-6H,1-2H3,(H,13,14,16). The Hall–Kier alpha value is -1.75. The maximum atomic E-state index is 5.11. The summed E-state index contributed by atoms with van der Waals surface area (Å²) in [5.74, 6) is 0.704. The van der Waals surface area contributed by atoms with Crippen LogP contribution < -0.4 is 4.74 Å². The molecule has 0 saturated heterocycles. The van der Waals surface area contributed by atoms with Gasteiger partial charge in [-0.2, -0.15) is 0 Å². The van der Waals surface area contributed by atoms with E-state index in [4.69, 9.17) is 17.0 Å². The Morgan fingerprint density at radius 2 is 2.12 bits per heavy atom. The average Bonchev–Trinajstić information content (AvgIpc) is 2.28. The van der Waals surface area contributed by atoms with Gasteiger partial charge in [0, 0.05) is 17.5 Å². The Kier molecular flexibility index (Phi) is 2.96. The van der Waals surface area contributed by atoms with Gasteiger partial charge in [-0.1, -0.05) is 0 Å². The van der Waals surface area contributed by atoms with Crippen molar-refractivity contribution in [3.8, 4) is 17.0 Å². The quantitative estimate of drug-likeness (QED) is 0.810. The van der Waals surface area contributed by atoms with Crippen molar-refractivity contribution in [3.05, 3.63) is 35.0 Å². The Morgan fingerprint density at radius 3 is 2.81 bits per heavy atom. The summed E-state index contributed by atoms with van der Waals surface area (Å²) >= 11 is 5.03. The zero-order valence-electron chi connectivity index (χ0n) is 9.02. The van der Waals surface area contributed by atoms with E-state index in [-0.39, 0.29) is 0 Å². The molecule has 82 valence electrons. The van der Waals surface area contributed by atoms with Gasteiger partial charge >= 0.3 is 0 Å². The number of rotatable bonds is 2. The molecule has 0 fully saturated rings. The molecule has 16 heavy (non-hydrogen) atoms. The van der Waals surface area contributed by atoms with Crippen LogP contribution in [0.4, 0.5) is 0 Å². The van der Waals surface area contributed by atoms with E-state index in [1.807, 2.05) is 19.1 Å². The minimum atomic E-state index is 0.470. The molecule has 1 N–H and O–H groups in total. The lowest BCUT2D eigenvalue weighted by Gasteiger charge is -2.04. The number of aryl methyl sites for hydroxylation is 1. The third-order valence-corrected chi connectivity index (χ3v) is 2.32. The molecule has 5 heteroatoms. The molecule has 0 aliphatic rings. The van der Waals surface area contributed by atoms with E-state index in [1.54, 1.807) is 19.5 Å². The molecule has 0 aliphatic carbocycles. The number of pyridine rings is 1. The molecule has 0 saturated carbocycles. The van der Waals surface area contributed by atoms with E-state index in [2.05, 4.69) is 15.0 Å². The van der Waals surface area contributed by atoms with Crippen LogP contribution in [0.15, 0.2) is 24.5 Å². The minimum Gasteiger partial charge on any atom is -0.495 e. The molecule has 2 heterocycles. The van der Waals surface area contributed by atoms with Crippen molar-refractivity contribution in [1.82, 2.24) is 15.0 Å². The van der Waals surface area contributed by atoms with Crippen LogP contribution in [0.25, 0.3) is 11.3 Å². The SMILES string of the molecule is COc1cncc(-c2cc(C)[nH]c(=S)n2)c1. The van der Waals surface area contributed by atoms with E-state index < -0.39 is 0 Å². The van der Waals surface area contributed by atoms with Crippen molar-refractivity contribution in [2.45, 2.75) is 6.92 Å². The summed E-state index contributed by atoms with van der Waals surface area (Å²) in [4.78, 5) is 11.3. The van der Waals surface area contributed by atoms with Crippen molar-refractivity contribution in [1.29, 1.82) is 0 Å². The molecule has 0 spiro atoms. The normalized spacial score (nSPS) is 10.1. The van der Waals surface area contributed by atoms with E-state index in [1.165, 1.54) is 0 Å². The summed E-state index contributed by atoms with van der Waals surface area (Å²) in [5, 5.41) is 0. The largest absolute Gasteiger partial charge is 0.495 e. The second-order valence-corrected chi connectivity index (χ2v) is 3.75. The first-order valence-electron chi connectivity index (χ1n) is 4.76. The van der Waals surface area contributed by atoms with Crippen LogP contribution in [-0.4, -0.2) is 22.1 Å². The van der Waals surface area contributed by atoms with Crippen molar-refractivity contribution < 1.29 is 4.74 Å². The lowest BCUT2D eigenvalue weighted by atomic mass is 10.2. The molecule has 0 aliphatic heterocycles. The van der Waals surface area contributed by atoms with Crippen LogP contribution in [0.5, 0.6) is 5.75 Å². The number of aromatic nitrogens is 3. The van der Waals surface area contributed by atoms with Crippen LogP contribution in [0.1, 0.15) is 5.69 Å². The fraction of sp³-hybridized carbons (Fsp3) is 0.182. The van der Waals surface area contributed by atoms with Gasteiger partial charge in [0.1, 0.15) is 5.75 Å². The summed E-state index contributed by atoms with van der Waals surface area (Å²) in [6.07, 6.45) is 3.39. The Labute approximate surface area is 98.3 Å². The van der Waals surface area contributed by atoms with Gasteiger partial charge in [-0.15, -0.1) is 0 Å². The van der Waals surface area contributed by atoms with Crippen molar-refractivity contribution >= 4 is 12.2 Å². The zero-order chi connectivity index (χ0) is 11.5. The molecular weight excluding hydrogens is 222 g/mol. The topological polar surface area (TPSA) is 50.8 Å². The minimum absolute atomic E-state index is 0.470. The molecule has 2 rings (SSSR count). The van der Waals surface area contributed by atoms with Gasteiger partial charge in [0.15, 0.2) is 4.77 Å². The summed E-state index contributed by atoms with van der Waals surface area (Å²) in [5.41, 5.74) is 2.66. The van der Waals surface area contributed by atoms with Gasteiger partial charge in [0.2, 0.25) is 0 Å². The highest BCUT2D eigenvalue weighted by molar-refractivity contribution is 7.71. The van der Waals surface area contributed by atoms with E-state index in [9.17, 15) is 0 Å². The van der Waals surface area contributed by atoms with Crippen molar-refractivity contribution in [2.75, 3.05) is 7.11 Å². The third kappa shape index (κ3) is 2.25. The van der Waals surface area contributed by atoms with Crippen LogP contribution >= 0.6 is 12.2 Å². The number of hydrogen-bond acceptors (Lipinski definition) is 4. The number of methoxy groups -OCH3 is 1. The fourth-order valence-electron chi connectivity index (χ4n) is 1.40. The maximum Gasteiger partial charge on any atom is 0.197 e. The van der Waals surface area contributed by atoms with Gasteiger partial charge < -0.3 is 9.72 Å². The first-order chi connectivity index (χ1) is 7.69. The Morgan fingerprint density at radius 1 is 1.31 bits per heavy atom. The molecule has 2 aromatic rings.